The number of fused-ring (bicyclic) bond motifs is 3. The van der Waals surface area contributed by atoms with Gasteiger partial charge >= 0.3 is 0 Å². The number of rotatable bonds is 6. The Labute approximate surface area is 226 Å². The minimum absolute atomic E-state index is 0.0143. The first-order valence-electron chi connectivity index (χ1n) is 14.1. The van der Waals surface area contributed by atoms with E-state index in [2.05, 4.69) is 40.7 Å². The summed E-state index contributed by atoms with van der Waals surface area (Å²) in [6, 6.07) is 11.8. The molecule has 204 valence electrons. The smallest absolute Gasteiger partial charge is 0.254 e. The summed E-state index contributed by atoms with van der Waals surface area (Å²) in [5.41, 5.74) is 10.8. The fraction of sp³-hybridized carbons (Fsp3) is 0.467. The molecular formula is C30H35FN6O2. The maximum atomic E-state index is 15.6. The summed E-state index contributed by atoms with van der Waals surface area (Å²) in [5, 5.41) is 10.5. The number of halogens is 1. The topological polar surface area (TPSA) is 92.6 Å². The van der Waals surface area contributed by atoms with E-state index in [-0.39, 0.29) is 30.6 Å². The predicted octanol–water partition coefficient (Wildman–Crippen LogP) is 4.05. The monoisotopic (exact) mass is 530 g/mol. The Balaban J connectivity index is 1.34. The van der Waals surface area contributed by atoms with Gasteiger partial charge in [0.15, 0.2) is 5.82 Å². The van der Waals surface area contributed by atoms with Gasteiger partial charge in [0.2, 0.25) is 0 Å². The number of piperidine rings is 1. The lowest BCUT2D eigenvalue weighted by atomic mass is 10.1. The molecule has 3 N–H and O–H groups in total. The number of amides is 1. The number of benzene rings is 2. The average Bonchev–Trinajstić information content (AvgIpc) is 3.68. The van der Waals surface area contributed by atoms with Crippen molar-refractivity contribution in [3.63, 3.8) is 0 Å². The van der Waals surface area contributed by atoms with Gasteiger partial charge in [-0.05, 0) is 55.9 Å². The van der Waals surface area contributed by atoms with Gasteiger partial charge in [0.1, 0.15) is 11.3 Å². The van der Waals surface area contributed by atoms with Gasteiger partial charge < -0.3 is 29.8 Å². The third-order valence-electron chi connectivity index (χ3n) is 9.35. The van der Waals surface area contributed by atoms with E-state index in [1.807, 2.05) is 16.5 Å². The lowest BCUT2D eigenvalue weighted by Gasteiger charge is -2.36. The first kappa shape index (κ1) is 24.6. The number of likely N-dealkylation sites (tertiary alicyclic amines) is 1. The van der Waals surface area contributed by atoms with Crippen molar-refractivity contribution in [3.05, 3.63) is 47.8 Å². The van der Waals surface area contributed by atoms with Crippen molar-refractivity contribution in [1.29, 1.82) is 0 Å². The van der Waals surface area contributed by atoms with Crippen LogP contribution < -0.4 is 10.6 Å². The molecule has 0 unspecified atom stereocenters. The third kappa shape index (κ3) is 3.55. The number of carbonyl (C=O) groups is 1. The van der Waals surface area contributed by atoms with Crippen LogP contribution in [0.4, 0.5) is 10.1 Å². The zero-order chi connectivity index (χ0) is 27.0. The lowest BCUT2D eigenvalue weighted by Crippen LogP contribution is -2.41. The summed E-state index contributed by atoms with van der Waals surface area (Å²) in [5.74, 6) is 0.418. The highest BCUT2D eigenvalue weighted by atomic mass is 19.1. The van der Waals surface area contributed by atoms with E-state index in [0.717, 1.165) is 61.1 Å². The Morgan fingerprint density at radius 3 is 2.74 bits per heavy atom. The fourth-order valence-corrected chi connectivity index (χ4v) is 7.39. The van der Waals surface area contributed by atoms with Crippen LogP contribution >= 0.6 is 0 Å². The highest BCUT2D eigenvalue weighted by molar-refractivity contribution is 6.00. The molecule has 4 atom stereocenters. The minimum Gasteiger partial charge on any atom is -0.396 e. The molecule has 2 bridgehead atoms. The van der Waals surface area contributed by atoms with E-state index in [1.54, 1.807) is 6.07 Å². The molecule has 2 aromatic carbocycles. The van der Waals surface area contributed by atoms with Crippen LogP contribution in [0.1, 0.15) is 49.0 Å². The number of aliphatic hydroxyl groups is 1. The molecule has 0 spiro atoms. The van der Waals surface area contributed by atoms with Crippen molar-refractivity contribution < 1.29 is 14.3 Å². The highest BCUT2D eigenvalue weighted by Gasteiger charge is 2.47. The van der Waals surface area contributed by atoms with E-state index < -0.39 is 5.82 Å². The molecule has 1 saturated carbocycles. The maximum Gasteiger partial charge on any atom is 0.254 e. The first-order chi connectivity index (χ1) is 18.9. The van der Waals surface area contributed by atoms with Gasteiger partial charge in [0.25, 0.3) is 5.91 Å². The van der Waals surface area contributed by atoms with E-state index in [9.17, 15) is 9.90 Å². The number of anilines is 1. The van der Waals surface area contributed by atoms with Crippen molar-refractivity contribution >= 4 is 33.5 Å². The number of carbonyl (C=O) groups excluding carboxylic acids is 1. The third-order valence-corrected chi connectivity index (χ3v) is 9.35. The molecule has 39 heavy (non-hydrogen) atoms. The zero-order valence-electron chi connectivity index (χ0n) is 22.5. The van der Waals surface area contributed by atoms with Crippen molar-refractivity contribution in [2.45, 2.75) is 50.7 Å². The van der Waals surface area contributed by atoms with Gasteiger partial charge in [-0.25, -0.2) is 9.37 Å². The molecule has 2 fully saturated rings. The van der Waals surface area contributed by atoms with Crippen LogP contribution in [-0.4, -0.2) is 68.4 Å². The van der Waals surface area contributed by atoms with Crippen LogP contribution in [0, 0.1) is 11.7 Å². The largest absolute Gasteiger partial charge is 0.396 e. The van der Waals surface area contributed by atoms with Crippen LogP contribution in [0.3, 0.4) is 0 Å². The number of nitrogens with zero attached hydrogens (tertiary/aromatic N) is 5. The predicted molar refractivity (Wildman–Crippen MR) is 150 cm³/mol. The average molecular weight is 531 g/mol. The highest BCUT2D eigenvalue weighted by Crippen LogP contribution is 2.42. The van der Waals surface area contributed by atoms with E-state index in [1.165, 1.54) is 6.07 Å². The number of aromatic nitrogens is 3. The Morgan fingerprint density at radius 2 is 2.03 bits per heavy atom. The summed E-state index contributed by atoms with van der Waals surface area (Å²) in [6.07, 6.45) is 3.62. The van der Waals surface area contributed by atoms with Crippen LogP contribution in [0.5, 0.6) is 0 Å². The molecular weight excluding hydrogens is 495 g/mol. The Bertz CT molecular complexity index is 1610. The number of hydrogen-bond acceptors (Lipinski definition) is 5. The SMILES string of the molecule is CC[C@@H]1CN(CCCO)c2cccc3cc(-c4nc5cc(C(=O)N6C[C@H]7CC[C@@H]6[C@@H]7N)cc(F)c5n4C)n1c23. The second-order valence-electron chi connectivity index (χ2n) is 11.5. The number of nitrogens with two attached hydrogens (primary N) is 1. The molecule has 9 heteroatoms. The van der Waals surface area contributed by atoms with Crippen molar-refractivity contribution in [2.24, 2.45) is 18.7 Å². The van der Waals surface area contributed by atoms with E-state index in [4.69, 9.17) is 10.7 Å². The second kappa shape index (κ2) is 9.06. The van der Waals surface area contributed by atoms with Crippen LogP contribution in [0.25, 0.3) is 33.5 Å². The van der Waals surface area contributed by atoms with Crippen molar-refractivity contribution in [1.82, 2.24) is 19.0 Å². The van der Waals surface area contributed by atoms with Gasteiger partial charge in [0.05, 0.1) is 28.5 Å². The van der Waals surface area contributed by atoms with Crippen LogP contribution in [-0.2, 0) is 7.05 Å². The molecule has 1 saturated heterocycles. The summed E-state index contributed by atoms with van der Waals surface area (Å²) in [7, 11) is 1.84. The molecule has 3 aliphatic rings. The number of aliphatic hydroxyl groups excluding tert-OH is 1. The van der Waals surface area contributed by atoms with Crippen molar-refractivity contribution in [2.75, 3.05) is 31.1 Å². The summed E-state index contributed by atoms with van der Waals surface area (Å²) in [4.78, 5) is 22.6. The number of aryl methyl sites for hydroxylation is 1. The number of hydrogen-bond donors (Lipinski definition) is 2. The van der Waals surface area contributed by atoms with Gasteiger partial charge in [-0.3, -0.25) is 4.79 Å². The Morgan fingerprint density at radius 1 is 1.18 bits per heavy atom. The molecule has 1 aliphatic carbocycles. The minimum atomic E-state index is -0.441. The summed E-state index contributed by atoms with van der Waals surface area (Å²) >= 11 is 0. The molecule has 7 rings (SSSR count). The molecule has 2 aromatic heterocycles. The van der Waals surface area contributed by atoms with Gasteiger partial charge in [-0.2, -0.15) is 0 Å². The normalized spacial score (nSPS) is 24.0. The second-order valence-corrected chi connectivity index (χ2v) is 11.5. The number of para-hydroxylation sites is 1. The van der Waals surface area contributed by atoms with Gasteiger partial charge in [-0.1, -0.05) is 19.1 Å². The number of imidazole rings is 1. The molecule has 4 heterocycles. The molecule has 2 aliphatic heterocycles. The summed E-state index contributed by atoms with van der Waals surface area (Å²) in [6.45, 7) is 4.62. The lowest BCUT2D eigenvalue weighted by molar-refractivity contribution is 0.0700. The van der Waals surface area contributed by atoms with Crippen LogP contribution in [0.2, 0.25) is 0 Å². The quantitative estimate of drug-likeness (QED) is 0.393. The van der Waals surface area contributed by atoms with E-state index >= 15 is 4.39 Å². The first-order valence-corrected chi connectivity index (χ1v) is 14.1. The summed E-state index contributed by atoms with van der Waals surface area (Å²) < 4.78 is 19.8. The molecule has 0 radical (unpaired) electrons. The standard InChI is InChI=1S/C30H35FN6O2/c1-3-20-16-35(10-5-11-38)24-7-4-6-17-14-25(37(20)27(17)24)29-33-22-13-19(12-21(31)28(22)34(29)2)30(39)36-15-18-8-9-23(36)26(18)32/h4,6-7,12-14,18,20,23,26,38H,3,5,8-11,15-16,32H2,1-2H3/t18-,20-,23-,26-/m1/s1. The van der Waals surface area contributed by atoms with Gasteiger partial charge in [0, 0.05) is 56.3 Å². The zero-order valence-corrected chi connectivity index (χ0v) is 22.5. The Kier molecular flexibility index (Phi) is 5.72. The van der Waals surface area contributed by atoms with E-state index in [0.29, 0.717) is 34.9 Å². The maximum absolute atomic E-state index is 15.6. The Hall–Kier alpha value is -3.43. The molecule has 8 nitrogen and oxygen atoms in total. The van der Waals surface area contributed by atoms with Crippen molar-refractivity contribution in [3.8, 4) is 11.5 Å². The molecule has 1 amide bonds. The van der Waals surface area contributed by atoms with Crippen LogP contribution in [0.15, 0.2) is 36.4 Å². The fourth-order valence-electron chi connectivity index (χ4n) is 7.39. The molecule has 4 aromatic rings. The van der Waals surface area contributed by atoms with Gasteiger partial charge in [-0.15, -0.1) is 0 Å².